The predicted molar refractivity (Wildman–Crippen MR) is 92.8 cm³/mol. The molecule has 0 saturated carbocycles. The second-order valence-corrected chi connectivity index (χ2v) is 6.23. The number of carbonyl (C=O) groups excluding carboxylic acids is 2. The Morgan fingerprint density at radius 3 is 2.54 bits per heavy atom. The third-order valence-corrected chi connectivity index (χ3v) is 4.08. The summed E-state index contributed by atoms with van der Waals surface area (Å²) in [5.74, 6) is -0.490. The van der Waals surface area contributed by atoms with Crippen molar-refractivity contribution in [1.29, 1.82) is 0 Å². The lowest BCUT2D eigenvalue weighted by atomic mass is 10.1. The largest absolute Gasteiger partial charge is 0.352 e. The van der Waals surface area contributed by atoms with Crippen LogP contribution in [0.15, 0.2) is 6.07 Å². The van der Waals surface area contributed by atoms with Crippen molar-refractivity contribution in [3.63, 3.8) is 0 Å². The van der Waals surface area contributed by atoms with Crippen molar-refractivity contribution in [3.8, 4) is 0 Å². The van der Waals surface area contributed by atoms with Gasteiger partial charge in [0.2, 0.25) is 5.91 Å². The van der Waals surface area contributed by atoms with Crippen LogP contribution in [0, 0.1) is 13.8 Å². The highest BCUT2D eigenvalue weighted by atomic mass is 16.2. The van der Waals surface area contributed by atoms with Gasteiger partial charge in [-0.1, -0.05) is 6.92 Å². The summed E-state index contributed by atoms with van der Waals surface area (Å²) in [6, 6.07) is 1.19. The summed E-state index contributed by atoms with van der Waals surface area (Å²) in [6.45, 7) is 9.28. The Hall–Kier alpha value is -2.44. The van der Waals surface area contributed by atoms with Crippen LogP contribution in [0.25, 0.3) is 11.0 Å². The molecule has 0 radical (unpaired) electrons. The van der Waals surface area contributed by atoms with Crippen molar-refractivity contribution in [2.24, 2.45) is 7.05 Å². The standard InChI is InChI=1S/C17H25N5O2/c1-7-9(2)19-16(23)12(5)20-17(24)13-8-10(3)18-15-14(13)11(4)21-22(15)6/h8-9,12H,7H2,1-6H3,(H,19,23)(H,20,24)/t9-,12+/m1/s1. The number of fused-ring (bicyclic) bond motifs is 1. The molecular formula is C17H25N5O2. The topological polar surface area (TPSA) is 88.9 Å². The molecule has 0 unspecified atom stereocenters. The molecule has 0 saturated heterocycles. The van der Waals surface area contributed by atoms with Crippen LogP contribution in [0.1, 0.15) is 48.9 Å². The highest BCUT2D eigenvalue weighted by molar-refractivity contribution is 6.07. The molecule has 24 heavy (non-hydrogen) atoms. The molecule has 2 atom stereocenters. The monoisotopic (exact) mass is 331 g/mol. The van der Waals surface area contributed by atoms with Gasteiger partial charge in [-0.25, -0.2) is 4.98 Å². The molecule has 7 nitrogen and oxygen atoms in total. The second-order valence-electron chi connectivity index (χ2n) is 6.23. The van der Waals surface area contributed by atoms with Gasteiger partial charge >= 0.3 is 0 Å². The number of amides is 2. The van der Waals surface area contributed by atoms with E-state index >= 15 is 0 Å². The van der Waals surface area contributed by atoms with Crippen LogP contribution in [0.5, 0.6) is 0 Å². The van der Waals surface area contributed by atoms with E-state index in [1.54, 1.807) is 24.7 Å². The van der Waals surface area contributed by atoms with Crippen LogP contribution in [0.4, 0.5) is 0 Å². The lowest BCUT2D eigenvalue weighted by Gasteiger charge is -2.17. The summed E-state index contributed by atoms with van der Waals surface area (Å²) >= 11 is 0. The normalized spacial score (nSPS) is 13.6. The number of hydrogen-bond donors (Lipinski definition) is 2. The van der Waals surface area contributed by atoms with Crippen molar-refractivity contribution in [3.05, 3.63) is 23.0 Å². The maximum atomic E-state index is 12.7. The van der Waals surface area contributed by atoms with E-state index in [0.29, 0.717) is 11.2 Å². The van der Waals surface area contributed by atoms with E-state index in [1.165, 1.54) is 0 Å². The van der Waals surface area contributed by atoms with Crippen LogP contribution in [0.2, 0.25) is 0 Å². The Labute approximate surface area is 141 Å². The van der Waals surface area contributed by atoms with Gasteiger partial charge in [0.05, 0.1) is 16.6 Å². The van der Waals surface area contributed by atoms with Crippen LogP contribution < -0.4 is 10.6 Å². The summed E-state index contributed by atoms with van der Waals surface area (Å²) < 4.78 is 1.66. The van der Waals surface area contributed by atoms with Crippen molar-refractivity contribution < 1.29 is 9.59 Å². The summed E-state index contributed by atoms with van der Waals surface area (Å²) in [4.78, 5) is 29.3. The molecule has 2 amide bonds. The molecule has 0 aliphatic heterocycles. The SMILES string of the molecule is CC[C@@H](C)NC(=O)[C@H](C)NC(=O)c1cc(C)nc2c1c(C)nn2C. The number of carbonyl (C=O) groups is 2. The number of aromatic nitrogens is 3. The van der Waals surface area contributed by atoms with Crippen molar-refractivity contribution >= 4 is 22.8 Å². The lowest BCUT2D eigenvalue weighted by molar-refractivity contribution is -0.123. The van der Waals surface area contributed by atoms with E-state index in [-0.39, 0.29) is 17.9 Å². The summed E-state index contributed by atoms with van der Waals surface area (Å²) in [6.07, 6.45) is 0.839. The number of nitrogens with one attached hydrogen (secondary N) is 2. The molecule has 0 fully saturated rings. The minimum Gasteiger partial charge on any atom is -0.352 e. The quantitative estimate of drug-likeness (QED) is 0.871. The maximum Gasteiger partial charge on any atom is 0.252 e. The number of hydrogen-bond acceptors (Lipinski definition) is 4. The third-order valence-electron chi connectivity index (χ3n) is 4.08. The van der Waals surface area contributed by atoms with E-state index in [1.807, 2.05) is 27.7 Å². The summed E-state index contributed by atoms with van der Waals surface area (Å²) in [7, 11) is 1.80. The number of aryl methyl sites for hydroxylation is 3. The molecule has 0 bridgehead atoms. The van der Waals surface area contributed by atoms with Gasteiger partial charge < -0.3 is 10.6 Å². The van der Waals surface area contributed by atoms with Crippen molar-refractivity contribution in [1.82, 2.24) is 25.4 Å². The zero-order valence-corrected chi connectivity index (χ0v) is 15.1. The number of nitrogens with zero attached hydrogens (tertiary/aromatic N) is 3. The molecular weight excluding hydrogens is 306 g/mol. The van der Waals surface area contributed by atoms with Gasteiger partial charge in [0, 0.05) is 18.8 Å². The zero-order chi connectivity index (χ0) is 18.0. The Bertz CT molecular complexity index is 781. The van der Waals surface area contributed by atoms with Crippen molar-refractivity contribution in [2.75, 3.05) is 0 Å². The van der Waals surface area contributed by atoms with E-state index in [4.69, 9.17) is 0 Å². The van der Waals surface area contributed by atoms with Crippen LogP contribution >= 0.6 is 0 Å². The minimum absolute atomic E-state index is 0.0762. The Morgan fingerprint density at radius 2 is 1.92 bits per heavy atom. The maximum absolute atomic E-state index is 12.7. The molecule has 0 aliphatic rings. The number of rotatable bonds is 5. The first-order valence-corrected chi connectivity index (χ1v) is 8.16. The highest BCUT2D eigenvalue weighted by Gasteiger charge is 2.22. The Morgan fingerprint density at radius 1 is 1.25 bits per heavy atom. The van der Waals surface area contributed by atoms with Gasteiger partial charge in [0.25, 0.3) is 5.91 Å². The first kappa shape index (κ1) is 17.9. The molecule has 2 aromatic heterocycles. The van der Waals surface area contributed by atoms with Gasteiger partial charge in [-0.05, 0) is 40.2 Å². The van der Waals surface area contributed by atoms with E-state index in [9.17, 15) is 9.59 Å². The van der Waals surface area contributed by atoms with Gasteiger partial charge in [-0.2, -0.15) is 5.10 Å². The Kier molecular flexibility index (Phi) is 5.21. The fraction of sp³-hybridized carbons (Fsp3) is 0.529. The molecule has 2 aromatic rings. The van der Waals surface area contributed by atoms with Crippen LogP contribution in [-0.4, -0.2) is 38.7 Å². The van der Waals surface area contributed by atoms with Gasteiger partial charge in [0.1, 0.15) is 6.04 Å². The number of pyridine rings is 1. The first-order valence-electron chi connectivity index (χ1n) is 8.16. The van der Waals surface area contributed by atoms with Crippen LogP contribution in [-0.2, 0) is 11.8 Å². The summed E-state index contributed by atoms with van der Waals surface area (Å²) in [5.41, 5.74) is 2.62. The average molecular weight is 331 g/mol. The molecule has 2 N–H and O–H groups in total. The lowest BCUT2D eigenvalue weighted by Crippen LogP contribution is -2.47. The minimum atomic E-state index is -0.619. The van der Waals surface area contributed by atoms with Gasteiger partial charge in [-0.15, -0.1) is 0 Å². The van der Waals surface area contributed by atoms with Crippen molar-refractivity contribution in [2.45, 2.75) is 53.1 Å². The zero-order valence-electron chi connectivity index (χ0n) is 15.1. The predicted octanol–water partition coefficient (Wildman–Crippen LogP) is 1.62. The molecule has 0 aromatic carbocycles. The molecule has 7 heteroatoms. The highest BCUT2D eigenvalue weighted by Crippen LogP contribution is 2.21. The Balaban J connectivity index is 2.27. The summed E-state index contributed by atoms with van der Waals surface area (Å²) in [5, 5.41) is 10.7. The molecule has 0 spiro atoms. The van der Waals surface area contributed by atoms with E-state index in [0.717, 1.165) is 23.2 Å². The smallest absolute Gasteiger partial charge is 0.252 e. The fourth-order valence-electron chi connectivity index (χ4n) is 2.56. The van der Waals surface area contributed by atoms with Gasteiger partial charge in [-0.3, -0.25) is 14.3 Å². The molecule has 2 heterocycles. The average Bonchev–Trinajstić information content (AvgIpc) is 2.80. The molecule has 2 rings (SSSR count). The van der Waals surface area contributed by atoms with E-state index in [2.05, 4.69) is 20.7 Å². The molecule has 130 valence electrons. The molecule has 0 aliphatic carbocycles. The first-order chi connectivity index (χ1) is 11.2. The third kappa shape index (κ3) is 3.55. The van der Waals surface area contributed by atoms with Crippen LogP contribution in [0.3, 0.4) is 0 Å². The fourth-order valence-corrected chi connectivity index (χ4v) is 2.56. The van der Waals surface area contributed by atoms with E-state index < -0.39 is 6.04 Å². The van der Waals surface area contributed by atoms with Gasteiger partial charge in [0.15, 0.2) is 5.65 Å². The second kappa shape index (κ2) is 6.98.